The first-order valence-electron chi connectivity index (χ1n) is 6.81. The zero-order valence-corrected chi connectivity index (χ0v) is 13.6. The van der Waals surface area contributed by atoms with Crippen molar-refractivity contribution in [2.45, 2.75) is 13.0 Å². The molecule has 0 radical (unpaired) electrons. The second-order valence-corrected chi connectivity index (χ2v) is 5.94. The molecule has 1 atom stereocenters. The molecule has 0 aliphatic carbocycles. The SMILES string of the molecule is CC(Oc1ccc(Cl)cc1Cl)C(=O)NN1CCN(C)CC1. The van der Waals surface area contributed by atoms with Crippen molar-refractivity contribution in [3.05, 3.63) is 28.2 Å². The van der Waals surface area contributed by atoms with Crippen molar-refractivity contribution < 1.29 is 9.53 Å². The number of rotatable bonds is 4. The van der Waals surface area contributed by atoms with E-state index in [1.807, 2.05) is 5.01 Å². The van der Waals surface area contributed by atoms with Crippen LogP contribution in [0.2, 0.25) is 10.0 Å². The highest BCUT2D eigenvalue weighted by Crippen LogP contribution is 2.28. The van der Waals surface area contributed by atoms with Crippen LogP contribution >= 0.6 is 23.2 Å². The molecule has 1 N–H and O–H groups in total. The first-order valence-corrected chi connectivity index (χ1v) is 7.57. The molecular weight excluding hydrogens is 313 g/mol. The molecular formula is C14H19Cl2N3O2. The van der Waals surface area contributed by atoms with Gasteiger partial charge in [0.1, 0.15) is 5.75 Å². The van der Waals surface area contributed by atoms with Gasteiger partial charge in [0.25, 0.3) is 5.91 Å². The van der Waals surface area contributed by atoms with Crippen LogP contribution in [0.15, 0.2) is 18.2 Å². The monoisotopic (exact) mass is 331 g/mol. The predicted octanol–water partition coefficient (Wildman–Crippen LogP) is 2.04. The van der Waals surface area contributed by atoms with Gasteiger partial charge in [0.05, 0.1) is 5.02 Å². The molecule has 1 unspecified atom stereocenters. The second-order valence-electron chi connectivity index (χ2n) is 5.10. The Morgan fingerprint density at radius 2 is 1.95 bits per heavy atom. The number of hydrogen-bond acceptors (Lipinski definition) is 4. The number of carbonyl (C=O) groups excluding carboxylic acids is 1. The zero-order valence-electron chi connectivity index (χ0n) is 12.1. The Morgan fingerprint density at radius 3 is 2.57 bits per heavy atom. The van der Waals surface area contributed by atoms with Crippen molar-refractivity contribution in [1.82, 2.24) is 15.3 Å². The van der Waals surface area contributed by atoms with E-state index in [1.54, 1.807) is 25.1 Å². The summed E-state index contributed by atoms with van der Waals surface area (Å²) in [7, 11) is 2.06. The summed E-state index contributed by atoms with van der Waals surface area (Å²) in [6.45, 7) is 5.15. The highest BCUT2D eigenvalue weighted by atomic mass is 35.5. The van der Waals surface area contributed by atoms with Gasteiger partial charge in [0.15, 0.2) is 6.10 Å². The van der Waals surface area contributed by atoms with Gasteiger partial charge in [-0.15, -0.1) is 0 Å². The maximum atomic E-state index is 12.1. The van der Waals surface area contributed by atoms with Crippen molar-refractivity contribution in [1.29, 1.82) is 0 Å². The Bertz CT molecular complexity index is 505. The average Bonchev–Trinajstić information content (AvgIpc) is 2.44. The third-order valence-electron chi connectivity index (χ3n) is 3.34. The van der Waals surface area contributed by atoms with Crippen LogP contribution in [0.4, 0.5) is 0 Å². The molecule has 116 valence electrons. The van der Waals surface area contributed by atoms with Crippen LogP contribution < -0.4 is 10.2 Å². The van der Waals surface area contributed by atoms with Gasteiger partial charge in [-0.25, -0.2) is 5.01 Å². The Balaban J connectivity index is 1.87. The molecule has 0 saturated carbocycles. The van der Waals surface area contributed by atoms with E-state index in [-0.39, 0.29) is 5.91 Å². The Morgan fingerprint density at radius 1 is 1.29 bits per heavy atom. The number of hydrogen-bond donors (Lipinski definition) is 1. The molecule has 5 nitrogen and oxygen atoms in total. The van der Waals surface area contributed by atoms with E-state index in [1.165, 1.54) is 0 Å². The summed E-state index contributed by atoms with van der Waals surface area (Å²) in [4.78, 5) is 14.3. The van der Waals surface area contributed by atoms with Crippen LogP contribution in [0.25, 0.3) is 0 Å². The van der Waals surface area contributed by atoms with Crippen molar-refractivity contribution in [3.63, 3.8) is 0 Å². The number of halogens is 2. The minimum absolute atomic E-state index is 0.189. The van der Waals surface area contributed by atoms with Crippen LogP contribution in [-0.2, 0) is 4.79 Å². The van der Waals surface area contributed by atoms with Gasteiger partial charge < -0.3 is 9.64 Å². The van der Waals surface area contributed by atoms with Crippen LogP contribution in [0.3, 0.4) is 0 Å². The Kier molecular flexibility index (Phi) is 5.70. The zero-order chi connectivity index (χ0) is 15.4. The average molecular weight is 332 g/mol. The lowest BCUT2D eigenvalue weighted by atomic mass is 10.3. The van der Waals surface area contributed by atoms with E-state index in [4.69, 9.17) is 27.9 Å². The number of likely N-dealkylation sites (N-methyl/N-ethyl adjacent to an activating group) is 1. The summed E-state index contributed by atoms with van der Waals surface area (Å²) in [6.07, 6.45) is -0.636. The van der Waals surface area contributed by atoms with Crippen molar-refractivity contribution in [2.24, 2.45) is 0 Å². The number of nitrogens with zero attached hydrogens (tertiary/aromatic N) is 2. The maximum absolute atomic E-state index is 12.1. The van der Waals surface area contributed by atoms with E-state index in [0.29, 0.717) is 15.8 Å². The van der Waals surface area contributed by atoms with Crippen LogP contribution in [0.1, 0.15) is 6.92 Å². The number of ether oxygens (including phenoxy) is 1. The van der Waals surface area contributed by atoms with Gasteiger partial charge >= 0.3 is 0 Å². The summed E-state index contributed by atoms with van der Waals surface area (Å²) >= 11 is 11.9. The smallest absolute Gasteiger partial charge is 0.275 e. The summed E-state index contributed by atoms with van der Waals surface area (Å²) < 4.78 is 5.58. The number of nitrogens with one attached hydrogen (secondary N) is 1. The number of benzene rings is 1. The number of carbonyl (C=O) groups is 1. The molecule has 0 spiro atoms. The van der Waals surface area contributed by atoms with Gasteiger partial charge in [-0.05, 0) is 32.2 Å². The molecule has 1 fully saturated rings. The molecule has 0 aromatic heterocycles. The normalized spacial score (nSPS) is 18.3. The van der Waals surface area contributed by atoms with Gasteiger partial charge in [-0.3, -0.25) is 10.2 Å². The van der Waals surface area contributed by atoms with Crippen molar-refractivity contribution in [2.75, 3.05) is 33.2 Å². The topological polar surface area (TPSA) is 44.8 Å². The molecule has 1 aliphatic rings. The quantitative estimate of drug-likeness (QED) is 0.917. The summed E-state index contributed by atoms with van der Waals surface area (Å²) in [5.41, 5.74) is 2.86. The third kappa shape index (κ3) is 4.74. The largest absolute Gasteiger partial charge is 0.479 e. The van der Waals surface area contributed by atoms with Crippen LogP contribution in [-0.4, -0.2) is 55.1 Å². The standard InChI is InChI=1S/C14H19Cl2N3O2/c1-10(21-13-4-3-11(15)9-12(13)16)14(20)17-19-7-5-18(2)6-8-19/h3-4,9-10H,5-8H2,1-2H3,(H,17,20). The first-order chi connectivity index (χ1) is 9.95. The van der Waals surface area contributed by atoms with Gasteiger partial charge in [-0.2, -0.15) is 0 Å². The number of amides is 1. The van der Waals surface area contributed by atoms with E-state index in [2.05, 4.69) is 17.4 Å². The van der Waals surface area contributed by atoms with Crippen molar-refractivity contribution in [3.8, 4) is 5.75 Å². The molecule has 1 heterocycles. The molecule has 21 heavy (non-hydrogen) atoms. The Hall–Kier alpha value is -1.01. The van der Waals surface area contributed by atoms with Crippen LogP contribution in [0, 0.1) is 0 Å². The molecule has 0 bridgehead atoms. The fourth-order valence-electron chi connectivity index (χ4n) is 1.98. The molecule has 2 rings (SSSR count). The van der Waals surface area contributed by atoms with Gasteiger partial charge in [0.2, 0.25) is 0 Å². The lowest BCUT2D eigenvalue weighted by Gasteiger charge is -2.33. The molecule has 7 heteroatoms. The van der Waals surface area contributed by atoms with E-state index in [0.717, 1.165) is 26.2 Å². The highest BCUT2D eigenvalue weighted by molar-refractivity contribution is 6.35. The minimum atomic E-state index is -0.636. The number of piperazine rings is 1. The second kappa shape index (κ2) is 7.31. The molecule has 1 saturated heterocycles. The fraction of sp³-hybridized carbons (Fsp3) is 0.500. The first kappa shape index (κ1) is 16.4. The predicted molar refractivity (Wildman–Crippen MR) is 83.8 cm³/mol. The van der Waals surface area contributed by atoms with E-state index in [9.17, 15) is 4.79 Å². The fourth-order valence-corrected chi connectivity index (χ4v) is 2.43. The van der Waals surface area contributed by atoms with Crippen LogP contribution in [0.5, 0.6) is 5.75 Å². The lowest BCUT2D eigenvalue weighted by molar-refractivity contribution is -0.133. The summed E-state index contributed by atoms with van der Waals surface area (Å²) in [5.74, 6) is 0.257. The third-order valence-corrected chi connectivity index (χ3v) is 3.87. The maximum Gasteiger partial charge on any atom is 0.275 e. The molecule has 1 amide bonds. The number of hydrazine groups is 1. The van der Waals surface area contributed by atoms with Gasteiger partial charge in [0, 0.05) is 31.2 Å². The Labute approximate surface area is 134 Å². The summed E-state index contributed by atoms with van der Waals surface area (Å²) in [6, 6.07) is 4.92. The minimum Gasteiger partial charge on any atom is -0.479 e. The highest BCUT2D eigenvalue weighted by Gasteiger charge is 2.21. The summed E-state index contributed by atoms with van der Waals surface area (Å²) in [5, 5.41) is 2.83. The molecule has 1 aliphatic heterocycles. The van der Waals surface area contributed by atoms with Crippen molar-refractivity contribution >= 4 is 29.1 Å². The molecule has 1 aromatic carbocycles. The lowest BCUT2D eigenvalue weighted by Crippen LogP contribution is -2.54. The van der Waals surface area contributed by atoms with E-state index < -0.39 is 6.10 Å². The van der Waals surface area contributed by atoms with Gasteiger partial charge in [-0.1, -0.05) is 23.2 Å². The van der Waals surface area contributed by atoms with E-state index >= 15 is 0 Å². The molecule has 1 aromatic rings.